The van der Waals surface area contributed by atoms with Crippen molar-refractivity contribution in [2.24, 2.45) is 0 Å². The molecule has 0 aliphatic rings. The van der Waals surface area contributed by atoms with Crippen LogP contribution in [0.5, 0.6) is 0 Å². The van der Waals surface area contributed by atoms with Gasteiger partial charge in [0, 0.05) is 57.4 Å². The number of thiophene rings is 2. The lowest BCUT2D eigenvalue weighted by atomic mass is 10.0. The number of hydrogen-bond donors (Lipinski definition) is 0. The minimum Gasteiger partial charge on any atom is -0.310 e. The van der Waals surface area contributed by atoms with Crippen molar-refractivity contribution in [1.29, 1.82) is 0 Å². The molecule has 0 saturated heterocycles. The van der Waals surface area contributed by atoms with E-state index in [2.05, 4.69) is 157 Å². The second-order valence-corrected chi connectivity index (χ2v) is 13.2. The van der Waals surface area contributed by atoms with Gasteiger partial charge in [0.25, 0.3) is 0 Å². The first-order valence-corrected chi connectivity index (χ1v) is 16.1. The number of anilines is 3. The molecule has 2 heterocycles. The molecular weight excluding hydrogens is 559 g/mol. The molecule has 0 radical (unpaired) electrons. The highest BCUT2D eigenvalue weighted by Crippen LogP contribution is 2.42. The van der Waals surface area contributed by atoms with Crippen LogP contribution in [-0.2, 0) is 0 Å². The van der Waals surface area contributed by atoms with Crippen molar-refractivity contribution in [2.75, 3.05) is 4.90 Å². The first kappa shape index (κ1) is 24.6. The van der Waals surface area contributed by atoms with E-state index in [1.807, 2.05) is 22.7 Å². The Bertz CT molecular complexity index is 2460. The van der Waals surface area contributed by atoms with Crippen molar-refractivity contribution >= 4 is 90.9 Å². The summed E-state index contributed by atoms with van der Waals surface area (Å²) >= 11 is 3.72. The van der Waals surface area contributed by atoms with E-state index in [1.165, 1.54) is 62.2 Å². The van der Waals surface area contributed by atoms with Gasteiger partial charge in [0.2, 0.25) is 0 Å². The quantitative estimate of drug-likeness (QED) is 0.199. The van der Waals surface area contributed by atoms with Gasteiger partial charge in [-0.1, -0.05) is 84.9 Å². The second-order valence-electron chi connectivity index (χ2n) is 11.0. The van der Waals surface area contributed by atoms with Crippen LogP contribution in [0.25, 0.3) is 62.2 Å². The van der Waals surface area contributed by atoms with Gasteiger partial charge in [0.05, 0.1) is 0 Å². The highest BCUT2D eigenvalue weighted by Gasteiger charge is 2.16. The van der Waals surface area contributed by atoms with Crippen LogP contribution in [0.1, 0.15) is 0 Å². The Morgan fingerprint density at radius 1 is 0.326 bits per heavy atom. The zero-order valence-corrected chi connectivity index (χ0v) is 24.8. The molecule has 3 heteroatoms. The smallest absolute Gasteiger partial charge is 0.0468 e. The standard InChI is InChI=1S/C40H25NS2/c1-2-8-28-23-31(19-15-26(28)7-1)41(32-20-22-40-36(25-32)34-10-4-6-12-38(34)43-40)30-17-13-27(14-18-30)29-16-21-39-35(24-29)33-9-3-5-11-37(33)42-39/h1-25H. The molecule has 9 aromatic rings. The molecule has 9 rings (SSSR count). The second kappa shape index (κ2) is 9.81. The van der Waals surface area contributed by atoms with Crippen LogP contribution in [-0.4, -0.2) is 0 Å². The van der Waals surface area contributed by atoms with Crippen molar-refractivity contribution in [3.8, 4) is 11.1 Å². The summed E-state index contributed by atoms with van der Waals surface area (Å²) in [6, 6.07) is 55.6. The summed E-state index contributed by atoms with van der Waals surface area (Å²) in [5.74, 6) is 0. The van der Waals surface area contributed by atoms with Gasteiger partial charge in [-0.25, -0.2) is 0 Å². The summed E-state index contributed by atoms with van der Waals surface area (Å²) in [6.07, 6.45) is 0. The molecule has 0 saturated carbocycles. The number of rotatable bonds is 4. The molecule has 202 valence electrons. The normalized spacial score (nSPS) is 11.7. The molecule has 2 aromatic heterocycles. The Kier molecular flexibility index (Phi) is 5.62. The van der Waals surface area contributed by atoms with E-state index in [4.69, 9.17) is 0 Å². The van der Waals surface area contributed by atoms with Crippen LogP contribution in [0.3, 0.4) is 0 Å². The van der Waals surface area contributed by atoms with Gasteiger partial charge in [-0.2, -0.15) is 0 Å². The van der Waals surface area contributed by atoms with E-state index in [9.17, 15) is 0 Å². The van der Waals surface area contributed by atoms with Crippen LogP contribution in [0.4, 0.5) is 17.1 Å². The lowest BCUT2D eigenvalue weighted by Crippen LogP contribution is -2.09. The van der Waals surface area contributed by atoms with E-state index >= 15 is 0 Å². The van der Waals surface area contributed by atoms with E-state index in [0.717, 1.165) is 17.1 Å². The Morgan fingerprint density at radius 3 is 1.58 bits per heavy atom. The van der Waals surface area contributed by atoms with Gasteiger partial charge >= 0.3 is 0 Å². The molecule has 0 aliphatic heterocycles. The molecule has 0 unspecified atom stereocenters. The Labute approximate surface area is 257 Å². The zero-order chi connectivity index (χ0) is 28.3. The van der Waals surface area contributed by atoms with Gasteiger partial charge in [0.15, 0.2) is 0 Å². The summed E-state index contributed by atoms with van der Waals surface area (Å²) in [7, 11) is 0. The van der Waals surface area contributed by atoms with Crippen LogP contribution >= 0.6 is 22.7 Å². The molecule has 0 N–H and O–H groups in total. The maximum absolute atomic E-state index is 2.39. The summed E-state index contributed by atoms with van der Waals surface area (Å²) < 4.78 is 5.31. The van der Waals surface area contributed by atoms with Gasteiger partial charge < -0.3 is 4.90 Å². The fraction of sp³-hybridized carbons (Fsp3) is 0. The molecule has 0 bridgehead atoms. The van der Waals surface area contributed by atoms with E-state index < -0.39 is 0 Å². The summed E-state index contributed by atoms with van der Waals surface area (Å²) in [6.45, 7) is 0. The lowest BCUT2D eigenvalue weighted by molar-refractivity contribution is 1.30. The number of nitrogens with zero attached hydrogens (tertiary/aromatic N) is 1. The zero-order valence-electron chi connectivity index (χ0n) is 23.2. The number of hydrogen-bond acceptors (Lipinski definition) is 3. The van der Waals surface area contributed by atoms with E-state index in [1.54, 1.807) is 0 Å². The Balaban J connectivity index is 1.18. The minimum atomic E-state index is 1.14. The molecule has 43 heavy (non-hydrogen) atoms. The minimum absolute atomic E-state index is 1.14. The van der Waals surface area contributed by atoms with Crippen molar-refractivity contribution in [3.63, 3.8) is 0 Å². The average Bonchev–Trinajstić information content (AvgIpc) is 3.63. The van der Waals surface area contributed by atoms with Crippen LogP contribution in [0, 0.1) is 0 Å². The summed E-state index contributed by atoms with van der Waals surface area (Å²) in [5, 5.41) is 7.76. The predicted molar refractivity (Wildman–Crippen MR) is 190 cm³/mol. The molecule has 0 spiro atoms. The van der Waals surface area contributed by atoms with Crippen molar-refractivity contribution in [2.45, 2.75) is 0 Å². The first-order chi connectivity index (χ1) is 21.3. The van der Waals surface area contributed by atoms with Gasteiger partial charge in [0.1, 0.15) is 0 Å². The van der Waals surface area contributed by atoms with Crippen molar-refractivity contribution in [3.05, 3.63) is 152 Å². The van der Waals surface area contributed by atoms with Crippen LogP contribution in [0.15, 0.2) is 152 Å². The highest BCUT2D eigenvalue weighted by atomic mass is 32.1. The molecule has 1 nitrogen and oxygen atoms in total. The summed E-state index contributed by atoms with van der Waals surface area (Å²) in [4.78, 5) is 2.39. The lowest BCUT2D eigenvalue weighted by Gasteiger charge is -2.26. The third-order valence-corrected chi connectivity index (χ3v) is 10.7. The Hall–Kier alpha value is -4.96. The van der Waals surface area contributed by atoms with E-state index in [0.29, 0.717) is 0 Å². The largest absolute Gasteiger partial charge is 0.310 e. The first-order valence-electron chi connectivity index (χ1n) is 14.5. The predicted octanol–water partition coefficient (Wildman–Crippen LogP) is 12.7. The van der Waals surface area contributed by atoms with Crippen LogP contribution < -0.4 is 4.90 Å². The van der Waals surface area contributed by atoms with Crippen molar-refractivity contribution < 1.29 is 0 Å². The fourth-order valence-electron chi connectivity index (χ4n) is 6.32. The topological polar surface area (TPSA) is 3.24 Å². The maximum Gasteiger partial charge on any atom is 0.0468 e. The SMILES string of the molecule is c1ccc2cc(N(c3ccc(-c4ccc5sc6ccccc6c5c4)cc3)c3ccc4sc5ccccc5c4c3)ccc2c1. The molecule has 0 atom stereocenters. The van der Waals surface area contributed by atoms with Gasteiger partial charge in [-0.3, -0.25) is 0 Å². The number of benzene rings is 7. The molecule has 0 aliphatic carbocycles. The number of fused-ring (bicyclic) bond motifs is 7. The van der Waals surface area contributed by atoms with E-state index in [-0.39, 0.29) is 0 Å². The fourth-order valence-corrected chi connectivity index (χ4v) is 8.50. The van der Waals surface area contributed by atoms with Gasteiger partial charge in [-0.15, -0.1) is 22.7 Å². The third kappa shape index (κ3) is 4.12. The van der Waals surface area contributed by atoms with Crippen LogP contribution in [0.2, 0.25) is 0 Å². The van der Waals surface area contributed by atoms with Crippen molar-refractivity contribution in [1.82, 2.24) is 0 Å². The monoisotopic (exact) mass is 583 g/mol. The molecule has 0 amide bonds. The maximum atomic E-state index is 2.39. The third-order valence-electron chi connectivity index (χ3n) is 8.45. The average molecular weight is 584 g/mol. The molecular formula is C40H25NS2. The molecule has 0 fully saturated rings. The summed E-state index contributed by atoms with van der Waals surface area (Å²) in [5.41, 5.74) is 5.91. The Morgan fingerprint density at radius 2 is 0.837 bits per heavy atom. The van der Waals surface area contributed by atoms with Gasteiger partial charge in [-0.05, 0) is 88.6 Å². The molecule has 7 aromatic carbocycles. The highest BCUT2D eigenvalue weighted by molar-refractivity contribution is 7.26.